The lowest BCUT2D eigenvalue weighted by Gasteiger charge is -2.13. The van der Waals surface area contributed by atoms with Gasteiger partial charge in [0, 0.05) is 12.5 Å². The molecule has 0 radical (unpaired) electrons. The number of aromatic nitrogens is 2. The quantitative estimate of drug-likeness (QED) is 0.945. The molecule has 6 heteroatoms. The first-order valence-corrected chi connectivity index (χ1v) is 6.65. The summed E-state index contributed by atoms with van der Waals surface area (Å²) in [5, 5.41) is 11.2. The first-order chi connectivity index (χ1) is 9.22. The summed E-state index contributed by atoms with van der Waals surface area (Å²) in [6, 6.07) is 9.69. The normalized spacial score (nSPS) is 16.8. The number of anilines is 1. The highest BCUT2D eigenvalue weighted by Gasteiger charge is 2.22. The molecule has 1 unspecified atom stereocenters. The summed E-state index contributed by atoms with van der Waals surface area (Å²) in [5.74, 6) is 0.950. The molecule has 1 aromatic carbocycles. The first kappa shape index (κ1) is 12.5. The SMILES string of the molecule is Clc1cc(NCC2Cc3ccccc3O2)c(Cl)nn1. The Morgan fingerprint density at radius 2 is 2.11 bits per heavy atom. The van der Waals surface area contributed by atoms with Crippen molar-refractivity contribution in [1.29, 1.82) is 0 Å². The Hall–Kier alpha value is -1.52. The summed E-state index contributed by atoms with van der Waals surface area (Å²) >= 11 is 11.7. The molecular formula is C13H11Cl2N3O. The van der Waals surface area contributed by atoms with Gasteiger partial charge in [0.05, 0.1) is 12.2 Å². The van der Waals surface area contributed by atoms with Gasteiger partial charge in [-0.15, -0.1) is 10.2 Å². The molecule has 2 aromatic rings. The molecule has 1 aliphatic heterocycles. The van der Waals surface area contributed by atoms with E-state index in [1.165, 1.54) is 5.56 Å². The number of benzene rings is 1. The molecule has 1 aromatic heterocycles. The third kappa shape index (κ3) is 2.74. The van der Waals surface area contributed by atoms with Gasteiger partial charge in [-0.3, -0.25) is 0 Å². The number of hydrogen-bond donors (Lipinski definition) is 1. The van der Waals surface area contributed by atoms with Crippen molar-refractivity contribution < 1.29 is 4.74 Å². The van der Waals surface area contributed by atoms with Crippen LogP contribution in [0.1, 0.15) is 5.56 Å². The van der Waals surface area contributed by atoms with Crippen LogP contribution in [0.2, 0.25) is 10.3 Å². The van der Waals surface area contributed by atoms with E-state index >= 15 is 0 Å². The Balaban J connectivity index is 1.64. The van der Waals surface area contributed by atoms with Crippen LogP contribution < -0.4 is 10.1 Å². The highest BCUT2D eigenvalue weighted by atomic mass is 35.5. The maximum absolute atomic E-state index is 5.94. The molecule has 4 nitrogen and oxygen atoms in total. The number of para-hydroxylation sites is 1. The van der Waals surface area contributed by atoms with E-state index < -0.39 is 0 Å². The molecule has 0 fully saturated rings. The smallest absolute Gasteiger partial charge is 0.174 e. The van der Waals surface area contributed by atoms with Gasteiger partial charge in [-0.2, -0.15) is 0 Å². The van der Waals surface area contributed by atoms with Crippen LogP contribution in [0, 0.1) is 0 Å². The number of rotatable bonds is 3. The van der Waals surface area contributed by atoms with Crippen molar-refractivity contribution >= 4 is 28.9 Å². The van der Waals surface area contributed by atoms with Crippen molar-refractivity contribution in [2.45, 2.75) is 12.5 Å². The molecule has 1 atom stereocenters. The fraction of sp³-hybridized carbons (Fsp3) is 0.231. The lowest BCUT2D eigenvalue weighted by atomic mass is 10.1. The fourth-order valence-corrected chi connectivity index (χ4v) is 2.37. The molecule has 0 saturated carbocycles. The van der Waals surface area contributed by atoms with Crippen LogP contribution in [0.4, 0.5) is 5.69 Å². The molecule has 98 valence electrons. The van der Waals surface area contributed by atoms with Crippen LogP contribution in [-0.4, -0.2) is 22.8 Å². The van der Waals surface area contributed by atoms with Gasteiger partial charge in [0.1, 0.15) is 11.9 Å². The second kappa shape index (κ2) is 5.23. The molecule has 0 bridgehead atoms. The predicted molar refractivity (Wildman–Crippen MR) is 75.1 cm³/mol. The number of hydrogen-bond acceptors (Lipinski definition) is 4. The molecule has 0 saturated heterocycles. The van der Waals surface area contributed by atoms with Crippen LogP contribution >= 0.6 is 23.2 Å². The number of fused-ring (bicyclic) bond motifs is 1. The number of ether oxygens (including phenoxy) is 1. The van der Waals surface area contributed by atoms with E-state index in [1.807, 2.05) is 18.2 Å². The van der Waals surface area contributed by atoms with E-state index in [2.05, 4.69) is 21.6 Å². The maximum Gasteiger partial charge on any atom is 0.174 e. The van der Waals surface area contributed by atoms with Crippen molar-refractivity contribution in [3.05, 3.63) is 46.2 Å². The summed E-state index contributed by atoms with van der Waals surface area (Å²) in [6.45, 7) is 0.635. The minimum atomic E-state index is 0.0837. The van der Waals surface area contributed by atoms with E-state index in [9.17, 15) is 0 Å². The zero-order valence-electron chi connectivity index (χ0n) is 9.94. The van der Waals surface area contributed by atoms with Gasteiger partial charge in [0.2, 0.25) is 0 Å². The summed E-state index contributed by atoms with van der Waals surface area (Å²) in [5.41, 5.74) is 1.90. The van der Waals surface area contributed by atoms with Crippen molar-refractivity contribution in [1.82, 2.24) is 10.2 Å². The van der Waals surface area contributed by atoms with Crippen molar-refractivity contribution in [3.8, 4) is 5.75 Å². The maximum atomic E-state index is 5.94. The second-order valence-electron chi connectivity index (χ2n) is 4.30. The Labute approximate surface area is 120 Å². The Morgan fingerprint density at radius 3 is 2.95 bits per heavy atom. The van der Waals surface area contributed by atoms with Crippen LogP contribution in [0.15, 0.2) is 30.3 Å². The summed E-state index contributed by atoms with van der Waals surface area (Å²) < 4.78 is 5.82. The highest BCUT2D eigenvalue weighted by molar-refractivity contribution is 6.33. The lowest BCUT2D eigenvalue weighted by molar-refractivity contribution is 0.246. The molecule has 2 heterocycles. The zero-order valence-corrected chi connectivity index (χ0v) is 11.4. The third-order valence-corrected chi connectivity index (χ3v) is 3.42. The van der Waals surface area contributed by atoms with Gasteiger partial charge < -0.3 is 10.1 Å². The largest absolute Gasteiger partial charge is 0.488 e. The second-order valence-corrected chi connectivity index (χ2v) is 5.05. The summed E-state index contributed by atoms with van der Waals surface area (Å²) in [6.07, 6.45) is 0.966. The van der Waals surface area contributed by atoms with Gasteiger partial charge in [-0.1, -0.05) is 41.4 Å². The van der Waals surface area contributed by atoms with Crippen LogP contribution in [0.3, 0.4) is 0 Å². The van der Waals surface area contributed by atoms with Crippen LogP contribution in [0.5, 0.6) is 5.75 Å². The Morgan fingerprint density at radius 1 is 1.26 bits per heavy atom. The van der Waals surface area contributed by atoms with E-state index in [0.717, 1.165) is 12.2 Å². The number of nitrogens with zero attached hydrogens (tertiary/aromatic N) is 2. The van der Waals surface area contributed by atoms with E-state index in [0.29, 0.717) is 22.5 Å². The predicted octanol–water partition coefficient (Wildman–Crippen LogP) is 3.20. The van der Waals surface area contributed by atoms with Crippen molar-refractivity contribution in [3.63, 3.8) is 0 Å². The minimum Gasteiger partial charge on any atom is -0.488 e. The Kier molecular flexibility index (Phi) is 3.44. The van der Waals surface area contributed by atoms with Gasteiger partial charge in [-0.25, -0.2) is 0 Å². The first-order valence-electron chi connectivity index (χ1n) is 5.89. The van der Waals surface area contributed by atoms with Crippen LogP contribution in [-0.2, 0) is 6.42 Å². The summed E-state index contributed by atoms with van der Waals surface area (Å²) in [7, 11) is 0. The molecular weight excluding hydrogens is 285 g/mol. The molecule has 3 rings (SSSR count). The minimum absolute atomic E-state index is 0.0837. The number of halogens is 2. The van der Waals surface area contributed by atoms with Gasteiger partial charge >= 0.3 is 0 Å². The molecule has 19 heavy (non-hydrogen) atoms. The van der Waals surface area contributed by atoms with Gasteiger partial charge in [-0.05, 0) is 11.6 Å². The molecule has 0 aliphatic carbocycles. The average molecular weight is 296 g/mol. The average Bonchev–Trinajstić information content (AvgIpc) is 2.82. The van der Waals surface area contributed by atoms with E-state index in [4.69, 9.17) is 27.9 Å². The van der Waals surface area contributed by atoms with E-state index in [-0.39, 0.29) is 6.10 Å². The fourth-order valence-electron chi connectivity index (χ4n) is 2.07. The Bertz CT molecular complexity index is 581. The highest BCUT2D eigenvalue weighted by Crippen LogP contribution is 2.28. The van der Waals surface area contributed by atoms with Crippen molar-refractivity contribution in [2.24, 2.45) is 0 Å². The monoisotopic (exact) mass is 295 g/mol. The topological polar surface area (TPSA) is 47.0 Å². The summed E-state index contributed by atoms with van der Waals surface area (Å²) in [4.78, 5) is 0. The third-order valence-electron chi connectivity index (χ3n) is 2.95. The molecule has 1 aliphatic rings. The number of nitrogens with one attached hydrogen (secondary N) is 1. The molecule has 1 N–H and O–H groups in total. The lowest BCUT2D eigenvalue weighted by Crippen LogP contribution is -2.24. The van der Waals surface area contributed by atoms with Crippen molar-refractivity contribution in [2.75, 3.05) is 11.9 Å². The van der Waals surface area contributed by atoms with Gasteiger partial charge in [0.25, 0.3) is 0 Å². The zero-order chi connectivity index (χ0) is 13.2. The van der Waals surface area contributed by atoms with Gasteiger partial charge in [0.15, 0.2) is 10.3 Å². The van der Waals surface area contributed by atoms with Crippen LogP contribution in [0.25, 0.3) is 0 Å². The molecule has 0 amide bonds. The van der Waals surface area contributed by atoms with E-state index in [1.54, 1.807) is 6.07 Å². The molecule has 0 spiro atoms. The standard InChI is InChI=1S/C13H11Cl2N3O/c14-12-6-10(13(15)18-17-12)16-7-9-5-8-3-1-2-4-11(8)19-9/h1-4,6,9H,5,7H2,(H,16,17).